The lowest BCUT2D eigenvalue weighted by molar-refractivity contribution is -0.141. The molecule has 25 heavy (non-hydrogen) atoms. The van der Waals surface area contributed by atoms with Crippen molar-refractivity contribution in [3.63, 3.8) is 0 Å². The van der Waals surface area contributed by atoms with E-state index in [0.717, 1.165) is 11.8 Å². The van der Waals surface area contributed by atoms with Crippen LogP contribution in [0.2, 0.25) is 0 Å². The number of para-hydroxylation sites is 1. The molecule has 1 aromatic rings. The maximum atomic E-state index is 12.3. The van der Waals surface area contributed by atoms with Gasteiger partial charge in [0.25, 0.3) is 0 Å². The number of hydrogen-bond donors (Lipinski definition) is 2. The second-order valence-corrected chi connectivity index (χ2v) is 7.84. The highest BCUT2D eigenvalue weighted by Crippen LogP contribution is 2.37. The average molecular weight is 370 g/mol. The predicted molar refractivity (Wildman–Crippen MR) is 90.9 cm³/mol. The van der Waals surface area contributed by atoms with Gasteiger partial charge in [0.05, 0.1) is 19.3 Å². The van der Waals surface area contributed by atoms with Crippen LogP contribution in [0, 0.1) is 5.92 Å². The van der Waals surface area contributed by atoms with Crippen LogP contribution >= 0.6 is 0 Å². The number of nitrogens with zero attached hydrogens (tertiary/aromatic N) is 1. The van der Waals surface area contributed by atoms with Crippen molar-refractivity contribution < 1.29 is 27.9 Å². The largest absolute Gasteiger partial charge is 0.496 e. The molecule has 0 saturated carbocycles. The van der Waals surface area contributed by atoms with Gasteiger partial charge in [-0.15, -0.1) is 0 Å². The molecule has 1 fully saturated rings. The first kappa shape index (κ1) is 19.2. The van der Waals surface area contributed by atoms with Crippen molar-refractivity contribution in [2.24, 2.45) is 5.92 Å². The summed E-state index contributed by atoms with van der Waals surface area (Å²) in [4.78, 5) is 25.4. The molecule has 0 unspecified atom stereocenters. The van der Waals surface area contributed by atoms with Crippen molar-refractivity contribution >= 4 is 21.9 Å². The third-order valence-corrected chi connectivity index (χ3v) is 4.96. The number of carbonyl (C=O) groups excluding carboxylic acids is 1. The zero-order chi connectivity index (χ0) is 18.6. The van der Waals surface area contributed by atoms with Crippen molar-refractivity contribution in [3.05, 3.63) is 29.8 Å². The summed E-state index contributed by atoms with van der Waals surface area (Å²) in [6.07, 6.45) is 1.00. The van der Waals surface area contributed by atoms with E-state index < -0.39 is 21.9 Å². The molecule has 1 amide bonds. The Hall–Kier alpha value is -2.13. The number of likely N-dealkylation sites (tertiary alicyclic amines) is 1. The number of carboxylic acid groups (broad SMARTS) is 1. The van der Waals surface area contributed by atoms with Crippen LogP contribution in [-0.2, 0) is 19.6 Å². The Morgan fingerprint density at radius 3 is 2.60 bits per heavy atom. The zero-order valence-corrected chi connectivity index (χ0v) is 15.0. The van der Waals surface area contributed by atoms with Crippen LogP contribution in [0.15, 0.2) is 24.3 Å². The lowest BCUT2D eigenvalue weighted by Gasteiger charge is -2.18. The molecule has 0 aromatic heterocycles. The molecule has 1 aromatic carbocycles. The number of nitrogens with one attached hydrogen (secondary N) is 1. The van der Waals surface area contributed by atoms with Crippen molar-refractivity contribution in [2.75, 3.05) is 33.0 Å². The molecule has 8 nitrogen and oxygen atoms in total. The van der Waals surface area contributed by atoms with E-state index in [9.17, 15) is 23.1 Å². The van der Waals surface area contributed by atoms with Gasteiger partial charge in [-0.05, 0) is 11.6 Å². The van der Waals surface area contributed by atoms with Crippen molar-refractivity contribution in [3.8, 4) is 5.75 Å². The Bertz CT molecular complexity index is 749. The molecule has 0 bridgehead atoms. The fourth-order valence-electron chi connectivity index (χ4n) is 3.05. The molecule has 0 radical (unpaired) electrons. The van der Waals surface area contributed by atoms with Crippen molar-refractivity contribution in [2.45, 2.75) is 12.3 Å². The van der Waals surface area contributed by atoms with Gasteiger partial charge in [0.1, 0.15) is 5.75 Å². The third kappa shape index (κ3) is 4.93. The quantitative estimate of drug-likeness (QED) is 0.712. The number of carboxylic acids is 1. The van der Waals surface area contributed by atoms with Gasteiger partial charge in [-0.3, -0.25) is 9.59 Å². The minimum atomic E-state index is -3.36. The fourth-order valence-corrected chi connectivity index (χ4v) is 3.52. The van der Waals surface area contributed by atoms with E-state index in [1.54, 1.807) is 24.3 Å². The van der Waals surface area contributed by atoms with Crippen molar-refractivity contribution in [1.82, 2.24) is 9.62 Å². The minimum Gasteiger partial charge on any atom is -0.496 e. The minimum absolute atomic E-state index is 0.00870. The summed E-state index contributed by atoms with van der Waals surface area (Å²) in [6, 6.07) is 7.16. The van der Waals surface area contributed by atoms with Gasteiger partial charge >= 0.3 is 5.97 Å². The summed E-state index contributed by atoms with van der Waals surface area (Å²) in [5.74, 6) is -1.77. The van der Waals surface area contributed by atoms with Crippen LogP contribution < -0.4 is 9.46 Å². The molecule has 138 valence electrons. The van der Waals surface area contributed by atoms with Crippen molar-refractivity contribution in [1.29, 1.82) is 0 Å². The molecule has 0 aliphatic carbocycles. The van der Waals surface area contributed by atoms with E-state index in [-0.39, 0.29) is 37.9 Å². The summed E-state index contributed by atoms with van der Waals surface area (Å²) in [5, 5.41) is 9.52. The second-order valence-electron chi connectivity index (χ2n) is 6.01. The number of methoxy groups -OCH3 is 1. The molecule has 0 spiro atoms. The van der Waals surface area contributed by atoms with Gasteiger partial charge in [-0.2, -0.15) is 0 Å². The monoisotopic (exact) mass is 370 g/mol. The van der Waals surface area contributed by atoms with Crippen LogP contribution in [-0.4, -0.2) is 63.3 Å². The smallest absolute Gasteiger partial charge is 0.308 e. The standard InChI is InChI=1S/C16H22N2O6S/c1-24-14-6-4-3-5-11(14)12-9-18(10-13(12)16(20)21)15(19)7-8-17-25(2,22)23/h3-6,12-13,17H,7-10H2,1-2H3,(H,20,21)/t12-,13+/m0/s1. The molecule has 1 aliphatic heterocycles. The van der Waals surface area contributed by atoms with Gasteiger partial charge in [0.2, 0.25) is 15.9 Å². The molecule has 1 saturated heterocycles. The normalized spacial score (nSPS) is 20.5. The lowest BCUT2D eigenvalue weighted by atomic mass is 9.88. The van der Waals surface area contributed by atoms with E-state index in [0.29, 0.717) is 5.75 Å². The number of sulfonamides is 1. The number of benzene rings is 1. The molecule has 2 atom stereocenters. The van der Waals surface area contributed by atoms with Gasteiger partial charge in [0, 0.05) is 32.0 Å². The Morgan fingerprint density at radius 2 is 2.00 bits per heavy atom. The van der Waals surface area contributed by atoms with Gasteiger partial charge in [0.15, 0.2) is 0 Å². The summed E-state index contributed by atoms with van der Waals surface area (Å²) >= 11 is 0. The van der Waals surface area contributed by atoms with Gasteiger partial charge in [-0.1, -0.05) is 18.2 Å². The molecule has 2 rings (SSSR count). The topological polar surface area (TPSA) is 113 Å². The number of amides is 1. The van der Waals surface area contributed by atoms with Crippen LogP contribution in [0.3, 0.4) is 0 Å². The Morgan fingerprint density at radius 1 is 1.32 bits per heavy atom. The van der Waals surface area contributed by atoms with Gasteiger partial charge < -0.3 is 14.7 Å². The molecule has 9 heteroatoms. The van der Waals surface area contributed by atoms with Crippen LogP contribution in [0.4, 0.5) is 0 Å². The second kappa shape index (κ2) is 7.83. The van der Waals surface area contributed by atoms with E-state index in [2.05, 4.69) is 4.72 Å². The first-order valence-electron chi connectivity index (χ1n) is 7.81. The average Bonchev–Trinajstić information content (AvgIpc) is 2.99. The Balaban J connectivity index is 2.12. The van der Waals surface area contributed by atoms with E-state index >= 15 is 0 Å². The lowest BCUT2D eigenvalue weighted by Crippen LogP contribution is -2.33. The predicted octanol–water partition coefficient (Wildman–Crippen LogP) is 0.261. The number of ether oxygens (including phenoxy) is 1. The molecular weight excluding hydrogens is 348 g/mol. The first-order valence-corrected chi connectivity index (χ1v) is 9.70. The highest BCUT2D eigenvalue weighted by Gasteiger charge is 2.41. The molecule has 1 heterocycles. The highest BCUT2D eigenvalue weighted by atomic mass is 32.2. The fraction of sp³-hybridized carbons (Fsp3) is 0.500. The summed E-state index contributed by atoms with van der Waals surface area (Å²) in [5.41, 5.74) is 0.752. The maximum absolute atomic E-state index is 12.3. The van der Waals surface area contributed by atoms with Crippen LogP contribution in [0.1, 0.15) is 17.9 Å². The number of carbonyl (C=O) groups is 2. The van der Waals surface area contributed by atoms with Crippen LogP contribution in [0.5, 0.6) is 5.75 Å². The maximum Gasteiger partial charge on any atom is 0.308 e. The number of aliphatic carboxylic acids is 1. The zero-order valence-electron chi connectivity index (χ0n) is 14.1. The first-order chi connectivity index (χ1) is 11.7. The molecular formula is C16H22N2O6S. The van der Waals surface area contributed by atoms with E-state index in [1.165, 1.54) is 12.0 Å². The summed E-state index contributed by atoms with van der Waals surface area (Å²) < 4.78 is 29.7. The van der Waals surface area contributed by atoms with Crippen LogP contribution in [0.25, 0.3) is 0 Å². The van der Waals surface area contributed by atoms with Gasteiger partial charge in [-0.25, -0.2) is 13.1 Å². The Kier molecular flexibility index (Phi) is 6.02. The Labute approximate surface area is 146 Å². The highest BCUT2D eigenvalue weighted by molar-refractivity contribution is 7.88. The number of hydrogen-bond acceptors (Lipinski definition) is 5. The third-order valence-electron chi connectivity index (χ3n) is 4.23. The summed E-state index contributed by atoms with van der Waals surface area (Å²) in [6.45, 7) is 0.343. The summed E-state index contributed by atoms with van der Waals surface area (Å²) in [7, 11) is -1.84. The van der Waals surface area contributed by atoms with E-state index in [1.807, 2.05) is 0 Å². The molecule has 1 aliphatic rings. The number of rotatable bonds is 7. The van der Waals surface area contributed by atoms with E-state index in [4.69, 9.17) is 4.74 Å². The SMILES string of the molecule is COc1ccccc1[C@@H]1CN(C(=O)CCNS(C)(=O)=O)C[C@H]1C(=O)O. The molecule has 2 N–H and O–H groups in total.